The summed E-state index contributed by atoms with van der Waals surface area (Å²) in [6.45, 7) is 2.38. The van der Waals surface area contributed by atoms with E-state index in [1.165, 1.54) is 12.3 Å². The van der Waals surface area contributed by atoms with Gasteiger partial charge in [-0.2, -0.15) is 11.8 Å². The number of para-hydroxylation sites is 1. The van der Waals surface area contributed by atoms with E-state index in [0.29, 0.717) is 24.4 Å². The van der Waals surface area contributed by atoms with Gasteiger partial charge < -0.3 is 10.6 Å². The molecule has 1 aliphatic heterocycles. The van der Waals surface area contributed by atoms with Crippen molar-refractivity contribution < 1.29 is 12.8 Å². The lowest BCUT2D eigenvalue weighted by molar-refractivity contribution is 0.577. The van der Waals surface area contributed by atoms with Crippen LogP contribution in [0.2, 0.25) is 0 Å². The average molecular weight is 332 g/mol. The zero-order valence-electron chi connectivity index (χ0n) is 12.3. The van der Waals surface area contributed by atoms with Gasteiger partial charge in [0.15, 0.2) is 9.84 Å². The Morgan fingerprint density at radius 2 is 2.24 bits per heavy atom. The molecule has 0 spiro atoms. The second kappa shape index (κ2) is 6.54. The molecule has 0 bridgehead atoms. The lowest BCUT2D eigenvalue weighted by atomic mass is 10.0. The molecule has 2 N–H and O–H groups in total. The van der Waals surface area contributed by atoms with Crippen molar-refractivity contribution in [1.82, 2.24) is 0 Å². The largest absolute Gasteiger partial charge is 0.351 e. The SMILES string of the molecule is CC(N)Cc1cccc(F)c1N1CCSCC1S(C)(=O)=O. The molecule has 0 saturated carbocycles. The number of anilines is 1. The van der Waals surface area contributed by atoms with Crippen molar-refractivity contribution in [2.24, 2.45) is 5.73 Å². The minimum atomic E-state index is -3.28. The van der Waals surface area contributed by atoms with E-state index in [4.69, 9.17) is 5.73 Å². The normalized spacial score (nSPS) is 21.3. The van der Waals surface area contributed by atoms with Crippen LogP contribution in [0, 0.1) is 5.82 Å². The molecule has 2 atom stereocenters. The minimum absolute atomic E-state index is 0.110. The van der Waals surface area contributed by atoms with Crippen molar-refractivity contribution in [2.75, 3.05) is 29.2 Å². The Labute approximate surface area is 129 Å². The summed E-state index contributed by atoms with van der Waals surface area (Å²) in [6.07, 6.45) is 1.73. The van der Waals surface area contributed by atoms with Crippen LogP contribution < -0.4 is 10.6 Å². The Morgan fingerprint density at radius 3 is 2.86 bits per heavy atom. The summed E-state index contributed by atoms with van der Waals surface area (Å²) in [5, 5.41) is -0.681. The first kappa shape index (κ1) is 16.6. The molecule has 1 aromatic carbocycles. The van der Waals surface area contributed by atoms with Gasteiger partial charge in [0, 0.05) is 30.3 Å². The highest BCUT2D eigenvalue weighted by molar-refractivity contribution is 8.01. The van der Waals surface area contributed by atoms with Crippen molar-refractivity contribution in [3.8, 4) is 0 Å². The van der Waals surface area contributed by atoms with Crippen LogP contribution in [0.3, 0.4) is 0 Å². The summed E-state index contributed by atoms with van der Waals surface area (Å²) in [7, 11) is -3.28. The van der Waals surface area contributed by atoms with Crippen LogP contribution in [0.25, 0.3) is 0 Å². The average Bonchev–Trinajstić information content (AvgIpc) is 2.37. The number of halogens is 1. The molecule has 0 radical (unpaired) electrons. The number of nitrogens with zero attached hydrogens (tertiary/aromatic N) is 1. The third kappa shape index (κ3) is 3.90. The van der Waals surface area contributed by atoms with Gasteiger partial charge in [-0.25, -0.2) is 12.8 Å². The molecule has 2 unspecified atom stereocenters. The van der Waals surface area contributed by atoms with E-state index in [0.717, 1.165) is 11.3 Å². The standard InChI is InChI=1S/C14H21FN2O2S2/c1-10(16)8-11-4-3-5-12(15)14(11)17-6-7-20-9-13(17)21(2,18)19/h3-5,10,13H,6-9,16H2,1-2H3. The van der Waals surface area contributed by atoms with E-state index in [-0.39, 0.29) is 11.9 Å². The predicted molar refractivity (Wildman–Crippen MR) is 87.1 cm³/mol. The Morgan fingerprint density at radius 1 is 1.52 bits per heavy atom. The van der Waals surface area contributed by atoms with Crippen LogP contribution in [0.1, 0.15) is 12.5 Å². The Kier molecular flexibility index (Phi) is 5.16. The van der Waals surface area contributed by atoms with E-state index in [2.05, 4.69) is 0 Å². The summed E-state index contributed by atoms with van der Waals surface area (Å²) in [4.78, 5) is 1.69. The molecule has 1 fully saturated rings. The second-order valence-corrected chi connectivity index (χ2v) is 8.83. The highest BCUT2D eigenvalue weighted by Gasteiger charge is 2.33. The van der Waals surface area contributed by atoms with Gasteiger partial charge in [0.1, 0.15) is 11.2 Å². The number of hydrogen-bond acceptors (Lipinski definition) is 5. The second-order valence-electron chi connectivity index (χ2n) is 5.48. The van der Waals surface area contributed by atoms with Gasteiger partial charge in [-0.05, 0) is 25.0 Å². The molecule has 1 heterocycles. The summed E-state index contributed by atoms with van der Waals surface area (Å²) >= 11 is 1.59. The predicted octanol–water partition coefficient (Wildman–Crippen LogP) is 1.64. The number of sulfone groups is 1. The van der Waals surface area contributed by atoms with E-state index in [1.54, 1.807) is 22.7 Å². The number of benzene rings is 1. The number of nitrogens with two attached hydrogens (primary N) is 1. The first-order valence-electron chi connectivity index (χ1n) is 6.87. The molecule has 0 aliphatic carbocycles. The van der Waals surface area contributed by atoms with Gasteiger partial charge in [0.05, 0.1) is 5.69 Å². The van der Waals surface area contributed by atoms with Crippen molar-refractivity contribution >= 4 is 27.3 Å². The van der Waals surface area contributed by atoms with Crippen molar-refractivity contribution in [3.05, 3.63) is 29.6 Å². The summed E-state index contributed by atoms with van der Waals surface area (Å²) in [6, 6.07) is 4.73. The van der Waals surface area contributed by atoms with Crippen LogP contribution in [0.4, 0.5) is 10.1 Å². The molecule has 7 heteroatoms. The Bertz CT molecular complexity index is 605. The van der Waals surface area contributed by atoms with Gasteiger partial charge >= 0.3 is 0 Å². The quantitative estimate of drug-likeness (QED) is 0.908. The zero-order valence-corrected chi connectivity index (χ0v) is 13.9. The lowest BCUT2D eigenvalue weighted by Crippen LogP contribution is -2.48. The van der Waals surface area contributed by atoms with E-state index >= 15 is 0 Å². The fourth-order valence-electron chi connectivity index (χ4n) is 2.58. The molecule has 1 aromatic rings. The molecule has 21 heavy (non-hydrogen) atoms. The van der Waals surface area contributed by atoms with Gasteiger partial charge in [0.2, 0.25) is 0 Å². The van der Waals surface area contributed by atoms with Crippen molar-refractivity contribution in [1.29, 1.82) is 0 Å². The minimum Gasteiger partial charge on any atom is -0.351 e. The highest BCUT2D eigenvalue weighted by Crippen LogP contribution is 2.32. The van der Waals surface area contributed by atoms with Crippen LogP contribution in [0.15, 0.2) is 18.2 Å². The Hall–Kier alpha value is -0.790. The molecule has 4 nitrogen and oxygen atoms in total. The van der Waals surface area contributed by atoms with Gasteiger partial charge in [-0.1, -0.05) is 12.1 Å². The molecular formula is C14H21FN2O2S2. The smallest absolute Gasteiger partial charge is 0.169 e. The maximum atomic E-state index is 14.4. The molecule has 1 aliphatic rings. The third-order valence-corrected chi connectivity index (χ3v) is 6.12. The van der Waals surface area contributed by atoms with E-state index in [9.17, 15) is 12.8 Å². The molecule has 118 valence electrons. The van der Waals surface area contributed by atoms with Crippen LogP contribution in [-0.4, -0.2) is 44.1 Å². The van der Waals surface area contributed by atoms with E-state index < -0.39 is 15.2 Å². The number of thioether (sulfide) groups is 1. The Balaban J connectivity index is 2.47. The molecule has 2 rings (SSSR count). The maximum absolute atomic E-state index is 14.4. The maximum Gasteiger partial charge on any atom is 0.169 e. The van der Waals surface area contributed by atoms with Gasteiger partial charge in [-0.3, -0.25) is 0 Å². The lowest BCUT2D eigenvalue weighted by Gasteiger charge is -2.37. The highest BCUT2D eigenvalue weighted by atomic mass is 32.2. The van der Waals surface area contributed by atoms with Crippen LogP contribution >= 0.6 is 11.8 Å². The topological polar surface area (TPSA) is 63.4 Å². The van der Waals surface area contributed by atoms with E-state index in [1.807, 2.05) is 13.0 Å². The molecule has 0 amide bonds. The summed E-state index contributed by atoms with van der Waals surface area (Å²) in [5.41, 5.74) is 6.99. The van der Waals surface area contributed by atoms with Crippen molar-refractivity contribution in [2.45, 2.75) is 24.8 Å². The molecule has 0 aromatic heterocycles. The molecule has 1 saturated heterocycles. The van der Waals surface area contributed by atoms with Crippen molar-refractivity contribution in [3.63, 3.8) is 0 Å². The number of hydrogen-bond donors (Lipinski definition) is 1. The number of rotatable bonds is 4. The first-order chi connectivity index (χ1) is 9.80. The van der Waals surface area contributed by atoms with Crippen LogP contribution in [-0.2, 0) is 16.3 Å². The molecular weight excluding hydrogens is 311 g/mol. The van der Waals surface area contributed by atoms with Gasteiger partial charge in [-0.15, -0.1) is 0 Å². The van der Waals surface area contributed by atoms with Crippen LogP contribution in [0.5, 0.6) is 0 Å². The third-order valence-electron chi connectivity index (χ3n) is 3.48. The zero-order chi connectivity index (χ0) is 15.6. The monoisotopic (exact) mass is 332 g/mol. The fourth-order valence-corrected chi connectivity index (χ4v) is 5.41. The summed E-state index contributed by atoms with van der Waals surface area (Å²) < 4.78 is 38.4. The first-order valence-corrected chi connectivity index (χ1v) is 9.98. The van der Waals surface area contributed by atoms with Gasteiger partial charge in [0.25, 0.3) is 0 Å². The summed E-state index contributed by atoms with van der Waals surface area (Å²) in [5.74, 6) is 0.872. The fraction of sp³-hybridized carbons (Fsp3) is 0.571.